The number of hydrogen-bond donors (Lipinski definition) is 1. The van der Waals surface area contributed by atoms with Crippen LogP contribution in [0.1, 0.15) is 25.5 Å². The number of ketones is 1. The maximum Gasteiger partial charge on any atom is 0.248 e. The number of Topliss-reactive ketones (excluding diaryl/α,β-unsaturated/α-hetero) is 1. The molecule has 1 aromatic carbocycles. The Hall–Kier alpha value is -2.70. The van der Waals surface area contributed by atoms with Crippen molar-refractivity contribution in [3.05, 3.63) is 41.1 Å². The molecule has 7 heteroatoms. The smallest absolute Gasteiger partial charge is 0.248 e. The number of tetrazole rings is 1. The Morgan fingerprint density at radius 2 is 2.14 bits per heavy atom. The highest BCUT2D eigenvalue weighted by Crippen LogP contribution is 2.38. The Kier molecular flexibility index (Phi) is 3.17. The Bertz CT molecular complexity index is 734. The Morgan fingerprint density at radius 1 is 1.38 bits per heavy atom. The van der Waals surface area contributed by atoms with Crippen molar-refractivity contribution in [2.45, 2.75) is 19.9 Å². The van der Waals surface area contributed by atoms with Gasteiger partial charge in [-0.2, -0.15) is 4.68 Å². The summed E-state index contributed by atoms with van der Waals surface area (Å²) in [4.78, 5) is 12.1. The first-order chi connectivity index (χ1) is 10.1. The third kappa shape index (κ3) is 2.06. The number of anilines is 1. The molecule has 2 heterocycles. The van der Waals surface area contributed by atoms with Crippen LogP contribution in [0, 0.1) is 0 Å². The number of nitrogens with zero attached hydrogens (tertiary/aromatic N) is 4. The average Bonchev–Trinajstić information content (AvgIpc) is 2.93. The number of para-hydroxylation sites is 1. The Morgan fingerprint density at radius 3 is 2.86 bits per heavy atom. The summed E-state index contributed by atoms with van der Waals surface area (Å²) in [6, 6.07) is 7.15. The molecule has 0 radical (unpaired) electrons. The lowest BCUT2D eigenvalue weighted by atomic mass is 9.92. The van der Waals surface area contributed by atoms with Crippen molar-refractivity contribution in [3.8, 4) is 5.75 Å². The van der Waals surface area contributed by atoms with Crippen LogP contribution in [0.2, 0.25) is 0 Å². The molecule has 0 amide bonds. The molecule has 1 aliphatic rings. The number of allylic oxidation sites excluding steroid dienone is 2. The fourth-order valence-corrected chi connectivity index (χ4v) is 2.65. The summed E-state index contributed by atoms with van der Waals surface area (Å²) in [6.07, 6.45) is 0. The number of ether oxygens (including phenoxy) is 1. The molecular weight excluding hydrogens is 270 g/mol. The van der Waals surface area contributed by atoms with Crippen LogP contribution in [0.15, 0.2) is 35.5 Å². The van der Waals surface area contributed by atoms with Gasteiger partial charge in [-0.05, 0) is 30.3 Å². The first-order valence-corrected chi connectivity index (χ1v) is 6.53. The van der Waals surface area contributed by atoms with Crippen molar-refractivity contribution in [1.29, 1.82) is 0 Å². The van der Waals surface area contributed by atoms with Crippen LogP contribution in [0.4, 0.5) is 5.95 Å². The number of carbonyl (C=O) groups is 1. The van der Waals surface area contributed by atoms with E-state index < -0.39 is 6.04 Å². The monoisotopic (exact) mass is 285 g/mol. The minimum atomic E-state index is -0.398. The number of carbonyl (C=O) groups excluding carboxylic acids is 1. The van der Waals surface area contributed by atoms with E-state index in [0.717, 1.165) is 11.3 Å². The average molecular weight is 285 g/mol. The number of aromatic nitrogens is 4. The first kappa shape index (κ1) is 13.3. The van der Waals surface area contributed by atoms with Gasteiger partial charge < -0.3 is 10.1 Å². The topological polar surface area (TPSA) is 81.9 Å². The van der Waals surface area contributed by atoms with E-state index in [2.05, 4.69) is 20.8 Å². The quantitative estimate of drug-likeness (QED) is 0.921. The standard InChI is InChI=1S/C14H15N5O2/c1-8-12(9(2)20)13(19-14(15-8)16-17-18-19)10-6-4-5-7-11(10)21-3/h4-7,13H,1-3H3,(H,15,16,18). The predicted octanol–water partition coefficient (Wildman–Crippen LogP) is 1.56. The highest BCUT2D eigenvalue weighted by molar-refractivity contribution is 5.96. The molecule has 108 valence electrons. The molecule has 21 heavy (non-hydrogen) atoms. The summed E-state index contributed by atoms with van der Waals surface area (Å²) < 4.78 is 7.02. The van der Waals surface area contributed by atoms with Crippen LogP contribution in [0.5, 0.6) is 5.75 Å². The van der Waals surface area contributed by atoms with Gasteiger partial charge in [0, 0.05) is 16.8 Å². The molecular formula is C14H15N5O2. The molecule has 0 saturated carbocycles. The van der Waals surface area contributed by atoms with E-state index in [4.69, 9.17) is 4.74 Å². The molecule has 1 N–H and O–H groups in total. The van der Waals surface area contributed by atoms with Gasteiger partial charge in [-0.1, -0.05) is 23.3 Å². The number of nitrogens with one attached hydrogen (secondary N) is 1. The van der Waals surface area contributed by atoms with E-state index in [1.807, 2.05) is 31.2 Å². The summed E-state index contributed by atoms with van der Waals surface area (Å²) in [6.45, 7) is 3.38. The molecule has 2 aromatic rings. The highest BCUT2D eigenvalue weighted by atomic mass is 16.5. The number of methoxy groups -OCH3 is 1. The molecule has 1 atom stereocenters. The fraction of sp³-hybridized carbons (Fsp3) is 0.286. The predicted molar refractivity (Wildman–Crippen MR) is 76.0 cm³/mol. The van der Waals surface area contributed by atoms with Gasteiger partial charge in [-0.3, -0.25) is 4.79 Å². The van der Waals surface area contributed by atoms with Crippen molar-refractivity contribution in [2.75, 3.05) is 12.4 Å². The number of hydrogen-bond acceptors (Lipinski definition) is 6. The lowest BCUT2D eigenvalue weighted by Crippen LogP contribution is -2.28. The van der Waals surface area contributed by atoms with E-state index >= 15 is 0 Å². The molecule has 1 unspecified atom stereocenters. The van der Waals surface area contributed by atoms with E-state index in [9.17, 15) is 4.79 Å². The van der Waals surface area contributed by atoms with Gasteiger partial charge in [0.1, 0.15) is 11.8 Å². The summed E-state index contributed by atoms with van der Waals surface area (Å²) >= 11 is 0. The maximum atomic E-state index is 12.1. The van der Waals surface area contributed by atoms with Crippen LogP contribution in [0.25, 0.3) is 0 Å². The molecule has 0 spiro atoms. The maximum absolute atomic E-state index is 12.1. The van der Waals surface area contributed by atoms with Crippen LogP contribution in [-0.4, -0.2) is 33.1 Å². The molecule has 1 aromatic heterocycles. The van der Waals surface area contributed by atoms with Gasteiger partial charge in [0.2, 0.25) is 5.95 Å². The number of fused-ring (bicyclic) bond motifs is 1. The third-order valence-corrected chi connectivity index (χ3v) is 3.53. The van der Waals surface area contributed by atoms with E-state index in [1.165, 1.54) is 6.92 Å². The summed E-state index contributed by atoms with van der Waals surface area (Å²) in [5.41, 5.74) is 2.22. The largest absolute Gasteiger partial charge is 0.496 e. The van der Waals surface area contributed by atoms with Gasteiger partial charge in [0.25, 0.3) is 0 Å². The molecule has 1 aliphatic heterocycles. The summed E-state index contributed by atoms with van der Waals surface area (Å²) in [7, 11) is 1.60. The zero-order valence-corrected chi connectivity index (χ0v) is 12.0. The van der Waals surface area contributed by atoms with Crippen molar-refractivity contribution >= 4 is 11.7 Å². The second kappa shape index (κ2) is 5.01. The molecule has 0 fully saturated rings. The highest BCUT2D eigenvalue weighted by Gasteiger charge is 2.33. The minimum absolute atomic E-state index is 0.0305. The normalized spacial score (nSPS) is 17.2. The summed E-state index contributed by atoms with van der Waals surface area (Å²) in [5, 5.41) is 14.7. The minimum Gasteiger partial charge on any atom is -0.496 e. The number of benzene rings is 1. The van der Waals surface area contributed by atoms with Crippen LogP contribution in [0.3, 0.4) is 0 Å². The van der Waals surface area contributed by atoms with Crippen LogP contribution >= 0.6 is 0 Å². The van der Waals surface area contributed by atoms with E-state index in [0.29, 0.717) is 17.3 Å². The number of rotatable bonds is 3. The van der Waals surface area contributed by atoms with Crippen LogP contribution < -0.4 is 10.1 Å². The van der Waals surface area contributed by atoms with Gasteiger partial charge in [0.15, 0.2) is 5.78 Å². The second-order valence-corrected chi connectivity index (χ2v) is 4.81. The molecule has 7 nitrogen and oxygen atoms in total. The molecule has 0 bridgehead atoms. The van der Waals surface area contributed by atoms with E-state index in [-0.39, 0.29) is 5.78 Å². The zero-order chi connectivity index (χ0) is 15.0. The van der Waals surface area contributed by atoms with Gasteiger partial charge in [-0.15, -0.1) is 0 Å². The Balaban J connectivity index is 2.25. The lowest BCUT2D eigenvalue weighted by molar-refractivity contribution is -0.114. The van der Waals surface area contributed by atoms with Gasteiger partial charge >= 0.3 is 0 Å². The van der Waals surface area contributed by atoms with Gasteiger partial charge in [0.05, 0.1) is 7.11 Å². The van der Waals surface area contributed by atoms with Gasteiger partial charge in [-0.25, -0.2) is 0 Å². The Labute approximate surface area is 121 Å². The van der Waals surface area contributed by atoms with Crippen molar-refractivity contribution < 1.29 is 9.53 Å². The van der Waals surface area contributed by atoms with Crippen LogP contribution in [-0.2, 0) is 4.79 Å². The van der Waals surface area contributed by atoms with Crippen molar-refractivity contribution in [2.24, 2.45) is 0 Å². The molecule has 0 aliphatic carbocycles. The zero-order valence-electron chi connectivity index (χ0n) is 12.0. The summed E-state index contributed by atoms with van der Waals surface area (Å²) in [5.74, 6) is 1.17. The first-order valence-electron chi connectivity index (χ1n) is 6.53. The van der Waals surface area contributed by atoms with Crippen molar-refractivity contribution in [1.82, 2.24) is 20.2 Å². The SMILES string of the molecule is COc1ccccc1C1C(C(C)=O)=C(C)Nc2nnnn21. The lowest BCUT2D eigenvalue weighted by Gasteiger charge is -2.28. The second-order valence-electron chi connectivity index (χ2n) is 4.81. The fourth-order valence-electron chi connectivity index (χ4n) is 2.65. The van der Waals surface area contributed by atoms with E-state index in [1.54, 1.807) is 11.8 Å². The van der Waals surface area contributed by atoms with Crippen molar-refractivity contribution in [3.63, 3.8) is 0 Å². The molecule has 3 rings (SSSR count). The third-order valence-electron chi connectivity index (χ3n) is 3.53. The molecule has 0 saturated heterocycles.